The molecule has 0 unspecified atom stereocenters. The van der Waals surface area contributed by atoms with Gasteiger partial charge in [-0.3, -0.25) is 0 Å². The van der Waals surface area contributed by atoms with Gasteiger partial charge in [-0.1, -0.05) is 41.6 Å². The van der Waals surface area contributed by atoms with E-state index in [1.165, 1.54) is 0 Å². The Hall–Kier alpha value is -0.300. The molecule has 0 fully saturated rings. The fraction of sp³-hybridized carbons (Fsp3) is 0.143. The summed E-state index contributed by atoms with van der Waals surface area (Å²) in [6.07, 6.45) is 0. The van der Waals surface area contributed by atoms with Crippen LogP contribution in [0.4, 0.5) is 0 Å². The van der Waals surface area contributed by atoms with Crippen LogP contribution in [0, 0.1) is 0 Å². The largest absolute Gasteiger partial charge is 0.0776 e. The maximum absolute atomic E-state index is 3.31. The fourth-order valence-corrected chi connectivity index (χ4v) is 0.720. The number of benzene rings is 1. The number of halogens is 1. The highest BCUT2D eigenvalue weighted by Crippen LogP contribution is 2.05. The molecule has 8 heavy (non-hydrogen) atoms. The Balaban J connectivity index is 0.000000490. The van der Waals surface area contributed by atoms with Crippen LogP contribution in [0.15, 0.2) is 34.8 Å². The number of hydrogen-bond donors (Lipinski definition) is 0. The van der Waals surface area contributed by atoms with Crippen molar-refractivity contribution in [1.29, 1.82) is 0 Å². The molecule has 0 amide bonds. The molecule has 0 nitrogen and oxygen atoms in total. The lowest BCUT2D eigenvalue weighted by Crippen LogP contribution is -1.55. The van der Waals surface area contributed by atoms with Crippen molar-refractivity contribution < 1.29 is 0 Å². The molecule has 1 aromatic carbocycles. The lowest BCUT2D eigenvalue weighted by molar-refractivity contribution is 1.66. The number of rotatable bonds is 0. The zero-order valence-corrected chi connectivity index (χ0v) is 5.35. The number of hydrogen-bond acceptors (Lipinski definition) is 0. The van der Waals surface area contributed by atoms with Crippen LogP contribution in [-0.4, -0.2) is 0 Å². The van der Waals surface area contributed by atoms with E-state index in [0.717, 1.165) is 4.47 Å². The maximum Gasteiger partial charge on any atom is 0.0175 e. The summed E-state index contributed by atoms with van der Waals surface area (Å²) in [6.45, 7) is 0. The third kappa shape index (κ3) is 2.12. The SMILES string of the molecule is Brc1ccccc1.C. The maximum atomic E-state index is 3.31. The van der Waals surface area contributed by atoms with E-state index in [0.29, 0.717) is 0 Å². The van der Waals surface area contributed by atoms with E-state index in [4.69, 9.17) is 0 Å². The smallest absolute Gasteiger partial charge is 0.0175 e. The van der Waals surface area contributed by atoms with Crippen LogP contribution in [0.3, 0.4) is 0 Å². The van der Waals surface area contributed by atoms with Gasteiger partial charge in [0, 0.05) is 4.47 Å². The molecule has 0 saturated carbocycles. The molecule has 0 saturated heterocycles. The predicted molar refractivity (Wildman–Crippen MR) is 40.9 cm³/mol. The summed E-state index contributed by atoms with van der Waals surface area (Å²) in [5, 5.41) is 0. The molecule has 1 heteroatoms. The van der Waals surface area contributed by atoms with Gasteiger partial charge in [-0.25, -0.2) is 0 Å². The standard InChI is InChI=1S/C6H5Br.CH4/c7-6-4-2-1-3-5-6;/h1-5H;1H4. The van der Waals surface area contributed by atoms with E-state index in [-0.39, 0.29) is 7.43 Å². The monoisotopic (exact) mass is 172 g/mol. The molecular formula is C7H9Br. The molecule has 0 atom stereocenters. The molecule has 1 rings (SSSR count). The van der Waals surface area contributed by atoms with Gasteiger partial charge < -0.3 is 0 Å². The van der Waals surface area contributed by atoms with Gasteiger partial charge in [0.1, 0.15) is 0 Å². The predicted octanol–water partition coefficient (Wildman–Crippen LogP) is 3.09. The summed E-state index contributed by atoms with van der Waals surface area (Å²) >= 11 is 3.31. The molecule has 0 N–H and O–H groups in total. The summed E-state index contributed by atoms with van der Waals surface area (Å²) < 4.78 is 1.13. The Labute approximate surface area is 58.7 Å². The molecule has 0 aliphatic carbocycles. The van der Waals surface area contributed by atoms with Crippen molar-refractivity contribution in [2.75, 3.05) is 0 Å². The van der Waals surface area contributed by atoms with Gasteiger partial charge in [0.25, 0.3) is 0 Å². The van der Waals surface area contributed by atoms with Gasteiger partial charge >= 0.3 is 0 Å². The second-order valence-electron chi connectivity index (χ2n) is 1.30. The minimum atomic E-state index is 0. The van der Waals surface area contributed by atoms with Crippen LogP contribution in [0.5, 0.6) is 0 Å². The van der Waals surface area contributed by atoms with Gasteiger partial charge in [0.2, 0.25) is 0 Å². The highest BCUT2D eigenvalue weighted by atomic mass is 79.9. The van der Waals surface area contributed by atoms with Gasteiger partial charge in [0.05, 0.1) is 0 Å². The molecule has 0 radical (unpaired) electrons. The van der Waals surface area contributed by atoms with Gasteiger partial charge in [-0.05, 0) is 12.1 Å². The zero-order chi connectivity index (χ0) is 5.11. The van der Waals surface area contributed by atoms with Crippen molar-refractivity contribution in [2.45, 2.75) is 7.43 Å². The molecule has 1 aromatic rings. The lowest BCUT2D eigenvalue weighted by atomic mass is 10.4. The lowest BCUT2D eigenvalue weighted by Gasteiger charge is -1.80. The minimum absolute atomic E-state index is 0. The Bertz CT molecular complexity index is 134. The summed E-state index contributed by atoms with van der Waals surface area (Å²) in [6, 6.07) is 9.97. The van der Waals surface area contributed by atoms with Crippen LogP contribution < -0.4 is 0 Å². The van der Waals surface area contributed by atoms with Crippen LogP contribution in [0.2, 0.25) is 0 Å². The molecule has 0 spiro atoms. The van der Waals surface area contributed by atoms with Crippen LogP contribution in [-0.2, 0) is 0 Å². The van der Waals surface area contributed by atoms with Crippen LogP contribution >= 0.6 is 15.9 Å². The molecule has 0 aromatic heterocycles. The molecule has 0 aliphatic rings. The third-order valence-electron chi connectivity index (χ3n) is 0.733. The highest BCUT2D eigenvalue weighted by molar-refractivity contribution is 9.10. The fourth-order valence-electron chi connectivity index (χ4n) is 0.415. The molecule has 0 heterocycles. The Morgan fingerprint density at radius 3 is 1.75 bits per heavy atom. The average molecular weight is 173 g/mol. The van der Waals surface area contributed by atoms with Crippen molar-refractivity contribution in [3.05, 3.63) is 34.8 Å². The first kappa shape index (κ1) is 7.70. The second-order valence-corrected chi connectivity index (χ2v) is 2.21. The summed E-state index contributed by atoms with van der Waals surface area (Å²) in [5.74, 6) is 0. The Morgan fingerprint density at radius 2 is 1.50 bits per heavy atom. The quantitative estimate of drug-likeness (QED) is 0.565. The van der Waals surface area contributed by atoms with Gasteiger partial charge in [-0.2, -0.15) is 0 Å². The first-order valence-electron chi connectivity index (χ1n) is 2.10. The van der Waals surface area contributed by atoms with E-state index >= 15 is 0 Å². The van der Waals surface area contributed by atoms with Crippen molar-refractivity contribution in [2.24, 2.45) is 0 Å². The summed E-state index contributed by atoms with van der Waals surface area (Å²) in [7, 11) is 0. The highest BCUT2D eigenvalue weighted by Gasteiger charge is 1.74. The molecule has 0 bridgehead atoms. The van der Waals surface area contributed by atoms with E-state index in [2.05, 4.69) is 15.9 Å². The first-order chi connectivity index (χ1) is 3.39. The van der Waals surface area contributed by atoms with E-state index in [9.17, 15) is 0 Å². The molecular weight excluding hydrogens is 164 g/mol. The van der Waals surface area contributed by atoms with Crippen LogP contribution in [0.1, 0.15) is 7.43 Å². The van der Waals surface area contributed by atoms with E-state index in [1.807, 2.05) is 30.3 Å². The normalized spacial score (nSPS) is 7.62. The summed E-state index contributed by atoms with van der Waals surface area (Å²) in [5.41, 5.74) is 0. The Morgan fingerprint density at radius 1 is 1.00 bits per heavy atom. The van der Waals surface area contributed by atoms with E-state index < -0.39 is 0 Å². The molecule has 44 valence electrons. The molecule has 0 aliphatic heterocycles. The van der Waals surface area contributed by atoms with Gasteiger partial charge in [-0.15, -0.1) is 0 Å². The third-order valence-corrected chi connectivity index (χ3v) is 1.26. The minimum Gasteiger partial charge on any atom is -0.0776 e. The zero-order valence-electron chi connectivity index (χ0n) is 3.76. The van der Waals surface area contributed by atoms with Gasteiger partial charge in [0.15, 0.2) is 0 Å². The average Bonchev–Trinajstić information content (AvgIpc) is 1.69. The van der Waals surface area contributed by atoms with E-state index in [1.54, 1.807) is 0 Å². The Kier molecular flexibility index (Phi) is 3.53. The topological polar surface area (TPSA) is 0 Å². The van der Waals surface area contributed by atoms with Crippen molar-refractivity contribution in [3.63, 3.8) is 0 Å². The van der Waals surface area contributed by atoms with Crippen molar-refractivity contribution >= 4 is 15.9 Å². The van der Waals surface area contributed by atoms with Crippen LogP contribution in [0.25, 0.3) is 0 Å². The van der Waals surface area contributed by atoms with Crippen molar-refractivity contribution in [1.82, 2.24) is 0 Å². The first-order valence-corrected chi connectivity index (χ1v) is 2.89. The summed E-state index contributed by atoms with van der Waals surface area (Å²) in [4.78, 5) is 0. The second kappa shape index (κ2) is 3.67. The van der Waals surface area contributed by atoms with Crippen molar-refractivity contribution in [3.8, 4) is 0 Å².